The summed E-state index contributed by atoms with van der Waals surface area (Å²) in [5, 5.41) is 0.433. The van der Waals surface area contributed by atoms with E-state index in [4.69, 9.17) is 25.8 Å². The number of nitrogens with zero attached hydrogens (tertiary/aromatic N) is 1. The van der Waals surface area contributed by atoms with Crippen LogP contribution in [-0.2, 0) is 19.0 Å². The van der Waals surface area contributed by atoms with E-state index in [2.05, 4.69) is 4.98 Å². The van der Waals surface area contributed by atoms with Crippen molar-refractivity contribution in [3.63, 3.8) is 0 Å². The maximum Gasteiger partial charge on any atom is 0.338 e. The van der Waals surface area contributed by atoms with Gasteiger partial charge in [-0.1, -0.05) is 11.6 Å². The van der Waals surface area contributed by atoms with Gasteiger partial charge in [0.05, 0.1) is 11.6 Å². The van der Waals surface area contributed by atoms with E-state index in [1.807, 2.05) is 0 Å². The molecule has 104 valence electrons. The summed E-state index contributed by atoms with van der Waals surface area (Å²) in [5.41, 5.74) is 0.667. The number of hydrogen-bond acceptors (Lipinski definition) is 5. The van der Waals surface area contributed by atoms with Crippen LogP contribution in [0.15, 0.2) is 18.5 Å². The monoisotopic (exact) mass is 285 g/mol. The zero-order chi connectivity index (χ0) is 14.0. The van der Waals surface area contributed by atoms with Crippen LogP contribution >= 0.6 is 11.6 Å². The molecule has 0 bridgehead atoms. The van der Waals surface area contributed by atoms with E-state index in [-0.39, 0.29) is 6.61 Å². The number of carbonyl (C=O) groups excluding carboxylic acids is 1. The highest BCUT2D eigenvalue weighted by atomic mass is 35.5. The van der Waals surface area contributed by atoms with Crippen molar-refractivity contribution in [2.24, 2.45) is 0 Å². The average Bonchev–Trinajstić information content (AvgIpc) is 2.66. The number of pyridine rings is 1. The molecule has 6 heteroatoms. The van der Waals surface area contributed by atoms with Crippen LogP contribution in [0.5, 0.6) is 0 Å². The summed E-state index contributed by atoms with van der Waals surface area (Å²) in [7, 11) is 0. The Morgan fingerprint density at radius 1 is 1.53 bits per heavy atom. The molecule has 2 rings (SSSR count). The van der Waals surface area contributed by atoms with Crippen molar-refractivity contribution in [3.05, 3.63) is 29.0 Å². The van der Waals surface area contributed by atoms with Crippen molar-refractivity contribution < 1.29 is 19.0 Å². The minimum absolute atomic E-state index is 0.288. The first kappa shape index (κ1) is 14.2. The fourth-order valence-electron chi connectivity index (χ4n) is 2.00. The number of rotatable bonds is 3. The second kappa shape index (κ2) is 5.45. The quantitative estimate of drug-likeness (QED) is 0.799. The maximum atomic E-state index is 11.9. The van der Waals surface area contributed by atoms with E-state index in [1.54, 1.807) is 33.0 Å². The molecule has 1 saturated heterocycles. The lowest BCUT2D eigenvalue weighted by Gasteiger charge is -2.17. The number of ether oxygens (including phenoxy) is 3. The van der Waals surface area contributed by atoms with Crippen molar-refractivity contribution >= 4 is 17.6 Å². The second-order valence-electron chi connectivity index (χ2n) is 4.63. The lowest BCUT2D eigenvalue weighted by molar-refractivity contribution is -0.170. The van der Waals surface area contributed by atoms with E-state index in [1.165, 1.54) is 6.20 Å². The Morgan fingerprint density at radius 2 is 2.26 bits per heavy atom. The molecule has 2 unspecified atom stereocenters. The molecule has 0 aromatic carbocycles. The highest BCUT2D eigenvalue weighted by Crippen LogP contribution is 2.40. The molecule has 0 N–H and O–H groups in total. The summed E-state index contributed by atoms with van der Waals surface area (Å²) in [6, 6.07) is 1.71. The molecule has 0 saturated carbocycles. The molecule has 1 aliphatic rings. The molecule has 1 aromatic rings. The maximum absolute atomic E-state index is 11.9. The van der Waals surface area contributed by atoms with Crippen molar-refractivity contribution in [2.75, 3.05) is 6.61 Å². The molecular weight excluding hydrogens is 270 g/mol. The van der Waals surface area contributed by atoms with Gasteiger partial charge < -0.3 is 14.2 Å². The summed E-state index contributed by atoms with van der Waals surface area (Å²) in [5.74, 6) is -1.32. The van der Waals surface area contributed by atoms with Gasteiger partial charge in [0, 0.05) is 18.0 Å². The molecule has 0 amide bonds. The molecule has 19 heavy (non-hydrogen) atoms. The van der Waals surface area contributed by atoms with Gasteiger partial charge in [0.25, 0.3) is 0 Å². The van der Waals surface area contributed by atoms with Crippen LogP contribution in [0.4, 0.5) is 0 Å². The van der Waals surface area contributed by atoms with Crippen LogP contribution in [0, 0.1) is 0 Å². The average molecular weight is 286 g/mol. The van der Waals surface area contributed by atoms with E-state index >= 15 is 0 Å². The lowest BCUT2D eigenvalue weighted by Crippen LogP contribution is -2.29. The number of carbonyl (C=O) groups is 1. The highest BCUT2D eigenvalue weighted by Gasteiger charge is 2.47. The topological polar surface area (TPSA) is 57.7 Å². The normalized spacial score (nSPS) is 25.3. The predicted octanol–water partition coefficient (Wildman–Crippen LogP) is 2.49. The van der Waals surface area contributed by atoms with Gasteiger partial charge >= 0.3 is 5.97 Å². The van der Waals surface area contributed by atoms with Crippen LogP contribution in [0.25, 0.3) is 0 Å². The van der Waals surface area contributed by atoms with E-state index in [9.17, 15) is 4.79 Å². The van der Waals surface area contributed by atoms with Gasteiger partial charge in [-0.15, -0.1) is 0 Å². The predicted molar refractivity (Wildman–Crippen MR) is 68.7 cm³/mol. The Labute approximate surface area is 116 Å². The highest BCUT2D eigenvalue weighted by molar-refractivity contribution is 6.31. The Hall–Kier alpha value is -1.17. The first-order chi connectivity index (χ1) is 8.94. The summed E-state index contributed by atoms with van der Waals surface area (Å²) < 4.78 is 16.4. The molecule has 1 aromatic heterocycles. The zero-order valence-corrected chi connectivity index (χ0v) is 11.8. The van der Waals surface area contributed by atoms with Gasteiger partial charge in [-0.25, -0.2) is 4.79 Å². The molecule has 0 radical (unpaired) electrons. The lowest BCUT2D eigenvalue weighted by atomic mass is 10.1. The molecule has 5 nitrogen and oxygen atoms in total. The second-order valence-corrected chi connectivity index (χ2v) is 5.03. The first-order valence-corrected chi connectivity index (χ1v) is 6.44. The fourth-order valence-corrected chi connectivity index (χ4v) is 2.23. The summed E-state index contributed by atoms with van der Waals surface area (Å²) >= 11 is 6.09. The van der Waals surface area contributed by atoms with Crippen LogP contribution < -0.4 is 0 Å². The van der Waals surface area contributed by atoms with Crippen molar-refractivity contribution in [1.29, 1.82) is 0 Å². The van der Waals surface area contributed by atoms with Gasteiger partial charge in [0.2, 0.25) is 0 Å². The number of hydrogen-bond donors (Lipinski definition) is 0. The zero-order valence-electron chi connectivity index (χ0n) is 11.1. The van der Waals surface area contributed by atoms with Crippen LogP contribution in [0.1, 0.15) is 32.4 Å². The van der Waals surface area contributed by atoms with Gasteiger partial charge in [0.1, 0.15) is 6.10 Å². The molecule has 0 spiro atoms. The Bertz CT molecular complexity index is 477. The summed E-state index contributed by atoms with van der Waals surface area (Å²) in [6.07, 6.45) is 1.69. The molecule has 2 heterocycles. The van der Waals surface area contributed by atoms with Crippen LogP contribution in [0.2, 0.25) is 5.02 Å². The molecule has 1 aliphatic heterocycles. The van der Waals surface area contributed by atoms with Crippen LogP contribution in [0.3, 0.4) is 0 Å². The molecule has 0 aliphatic carbocycles. The molecular formula is C13H16ClNO4. The van der Waals surface area contributed by atoms with Gasteiger partial charge in [-0.3, -0.25) is 4.98 Å². The fraction of sp³-hybridized carbons (Fsp3) is 0.538. The Balaban J connectivity index is 2.31. The Morgan fingerprint density at radius 3 is 2.89 bits per heavy atom. The van der Waals surface area contributed by atoms with Gasteiger partial charge in [0.15, 0.2) is 11.9 Å². The molecule has 2 atom stereocenters. The third kappa shape index (κ3) is 3.05. The minimum Gasteiger partial charge on any atom is -0.464 e. The van der Waals surface area contributed by atoms with E-state index in [0.29, 0.717) is 10.6 Å². The van der Waals surface area contributed by atoms with E-state index in [0.717, 1.165) is 0 Å². The van der Waals surface area contributed by atoms with Gasteiger partial charge in [-0.2, -0.15) is 0 Å². The largest absolute Gasteiger partial charge is 0.464 e. The van der Waals surface area contributed by atoms with Crippen molar-refractivity contribution in [3.8, 4) is 0 Å². The summed E-state index contributed by atoms with van der Waals surface area (Å²) in [4.78, 5) is 15.9. The Kier molecular flexibility index (Phi) is 4.08. The third-order valence-electron chi connectivity index (χ3n) is 2.73. The standard InChI is InChI=1S/C13H16ClNO4/c1-4-17-12(16)11-10(18-13(2,3)19-11)8-5-6-15-7-9(8)14/h5-7,10-11H,4H2,1-3H3. The number of halogens is 1. The SMILES string of the molecule is CCOC(=O)C1OC(C)(C)OC1c1ccncc1Cl. The van der Waals surface area contributed by atoms with Crippen LogP contribution in [-0.4, -0.2) is 29.5 Å². The van der Waals surface area contributed by atoms with Crippen molar-refractivity contribution in [1.82, 2.24) is 4.98 Å². The number of aromatic nitrogens is 1. The minimum atomic E-state index is -0.866. The summed E-state index contributed by atoms with van der Waals surface area (Å²) in [6.45, 7) is 5.52. The van der Waals surface area contributed by atoms with E-state index < -0.39 is 24.0 Å². The first-order valence-electron chi connectivity index (χ1n) is 6.06. The number of esters is 1. The van der Waals surface area contributed by atoms with Crippen molar-refractivity contribution in [2.45, 2.75) is 38.8 Å². The third-order valence-corrected chi connectivity index (χ3v) is 3.04. The molecule has 1 fully saturated rings. The smallest absolute Gasteiger partial charge is 0.338 e. The van der Waals surface area contributed by atoms with Gasteiger partial charge in [-0.05, 0) is 26.8 Å².